The van der Waals surface area contributed by atoms with Gasteiger partial charge >= 0.3 is 0 Å². The lowest BCUT2D eigenvalue weighted by atomic mass is 10.1. The maximum Gasteiger partial charge on any atom is 0.297 e. The molecule has 0 aliphatic heterocycles. The number of aryl methyl sites for hydroxylation is 1. The highest BCUT2D eigenvalue weighted by Crippen LogP contribution is 2.35. The third kappa shape index (κ3) is 5.94. The van der Waals surface area contributed by atoms with Crippen LogP contribution < -0.4 is 15.0 Å². The quantitative estimate of drug-likeness (QED) is 0.256. The molecule has 0 atom stereocenters. The first-order valence-electron chi connectivity index (χ1n) is 11.5. The maximum absolute atomic E-state index is 13.4. The number of phenolic OH excluding ortho intramolecular Hbond substituents is 1. The molecule has 0 aliphatic carbocycles. The molecule has 2 aromatic carbocycles. The second kappa shape index (κ2) is 12.0. The van der Waals surface area contributed by atoms with Crippen molar-refractivity contribution in [1.29, 1.82) is 0 Å². The van der Waals surface area contributed by atoms with Gasteiger partial charge in [0.1, 0.15) is 19.0 Å². The number of ether oxygens (including phenoxy) is 2. The van der Waals surface area contributed by atoms with E-state index in [-0.39, 0.29) is 23.7 Å². The normalized spacial score (nSPS) is 10.9. The van der Waals surface area contributed by atoms with Crippen LogP contribution in [0.3, 0.4) is 0 Å². The predicted octanol–water partition coefficient (Wildman–Crippen LogP) is 6.21. The van der Waals surface area contributed by atoms with Crippen molar-refractivity contribution in [3.63, 3.8) is 0 Å². The Morgan fingerprint density at radius 1 is 0.969 bits per heavy atom. The molecule has 0 unspecified atom stereocenters. The molecule has 0 fully saturated rings. The Morgan fingerprint density at radius 3 is 2.47 bits per heavy atom. The number of benzene rings is 2. The van der Waals surface area contributed by atoms with Crippen molar-refractivity contribution in [1.82, 2.24) is 4.57 Å². The monoisotopic (exact) mass is 435 g/mol. The lowest BCUT2D eigenvalue weighted by Gasteiger charge is -2.18. The van der Waals surface area contributed by atoms with Gasteiger partial charge in [-0.1, -0.05) is 82.0 Å². The second-order valence-corrected chi connectivity index (χ2v) is 7.96. The molecule has 1 heterocycles. The van der Waals surface area contributed by atoms with Crippen molar-refractivity contribution in [2.75, 3.05) is 6.61 Å². The number of fused-ring (bicyclic) bond motifs is 1. The lowest BCUT2D eigenvalue weighted by molar-refractivity contribution is 0.274. The van der Waals surface area contributed by atoms with E-state index in [2.05, 4.69) is 13.5 Å². The average Bonchev–Trinajstić information content (AvgIpc) is 2.81. The molecule has 0 radical (unpaired) electrons. The highest BCUT2D eigenvalue weighted by molar-refractivity contribution is 5.89. The van der Waals surface area contributed by atoms with Crippen molar-refractivity contribution in [3.8, 4) is 17.2 Å². The van der Waals surface area contributed by atoms with Gasteiger partial charge in [-0.05, 0) is 24.1 Å². The molecule has 5 nitrogen and oxygen atoms in total. The van der Waals surface area contributed by atoms with Gasteiger partial charge in [0.05, 0.1) is 5.52 Å². The largest absolute Gasteiger partial charge is 0.508 e. The Morgan fingerprint density at radius 2 is 1.72 bits per heavy atom. The lowest BCUT2D eigenvalue weighted by Crippen LogP contribution is -2.24. The van der Waals surface area contributed by atoms with Crippen molar-refractivity contribution < 1.29 is 14.6 Å². The molecule has 5 heteroatoms. The summed E-state index contributed by atoms with van der Waals surface area (Å²) in [5, 5.41) is 10.9. The summed E-state index contributed by atoms with van der Waals surface area (Å²) in [6, 6.07) is 14.8. The molecule has 1 N–H and O–H groups in total. The van der Waals surface area contributed by atoms with E-state index >= 15 is 0 Å². The van der Waals surface area contributed by atoms with Crippen molar-refractivity contribution >= 4 is 10.9 Å². The van der Waals surface area contributed by atoms with Gasteiger partial charge in [0.15, 0.2) is 5.75 Å². The van der Waals surface area contributed by atoms with Gasteiger partial charge in [0.25, 0.3) is 5.56 Å². The standard InChI is InChI=1S/C27H33NO4/c1-3-5-6-7-8-12-17-28-24-19-22(29)15-16-23(24)25(26(27(28)30)31-18-4-2)32-20-21-13-10-9-11-14-21/h4,9-11,13-16,19,29H,2-3,5-8,12,17-18,20H2,1H3. The summed E-state index contributed by atoms with van der Waals surface area (Å²) in [6.07, 6.45) is 8.37. The van der Waals surface area contributed by atoms with Gasteiger partial charge in [0, 0.05) is 18.0 Å². The first-order valence-corrected chi connectivity index (χ1v) is 11.5. The van der Waals surface area contributed by atoms with Crippen LogP contribution in [-0.4, -0.2) is 16.3 Å². The molecule has 1 aromatic heterocycles. The molecule has 3 rings (SSSR count). The van der Waals surface area contributed by atoms with Crippen LogP contribution in [0.5, 0.6) is 17.2 Å². The highest BCUT2D eigenvalue weighted by atomic mass is 16.5. The molecule has 32 heavy (non-hydrogen) atoms. The fraction of sp³-hybridized carbons (Fsp3) is 0.370. The number of rotatable bonds is 13. The number of hydrogen-bond donors (Lipinski definition) is 1. The van der Waals surface area contributed by atoms with E-state index in [1.165, 1.54) is 19.3 Å². The molecule has 0 saturated carbocycles. The average molecular weight is 436 g/mol. The maximum atomic E-state index is 13.4. The second-order valence-electron chi connectivity index (χ2n) is 7.96. The minimum atomic E-state index is -0.249. The smallest absolute Gasteiger partial charge is 0.297 e. The number of phenols is 1. The summed E-state index contributed by atoms with van der Waals surface area (Å²) in [4.78, 5) is 13.4. The summed E-state index contributed by atoms with van der Waals surface area (Å²) in [7, 11) is 0. The zero-order chi connectivity index (χ0) is 22.8. The third-order valence-corrected chi connectivity index (χ3v) is 5.47. The Bertz CT molecular complexity index is 1070. The minimum absolute atomic E-state index is 0.113. The molecule has 0 aliphatic rings. The Balaban J connectivity index is 1.97. The predicted molar refractivity (Wildman–Crippen MR) is 130 cm³/mol. The van der Waals surface area contributed by atoms with Gasteiger partial charge in [-0.15, -0.1) is 0 Å². The number of unbranched alkanes of at least 4 members (excludes halogenated alkanes) is 5. The van der Waals surface area contributed by atoms with Crippen molar-refractivity contribution in [3.05, 3.63) is 77.1 Å². The molecule has 170 valence electrons. The molecule has 3 aromatic rings. The highest BCUT2D eigenvalue weighted by Gasteiger charge is 2.20. The van der Waals surface area contributed by atoms with E-state index in [1.807, 2.05) is 30.3 Å². The molecule has 0 spiro atoms. The SMILES string of the molecule is C=CCOc1c(OCc2ccccc2)c2ccc(O)cc2n(CCCCCCCC)c1=O. The minimum Gasteiger partial charge on any atom is -0.508 e. The van der Waals surface area contributed by atoms with Crippen LogP contribution in [0.4, 0.5) is 0 Å². The van der Waals surface area contributed by atoms with Gasteiger partial charge < -0.3 is 19.1 Å². The van der Waals surface area contributed by atoms with Crippen LogP contribution in [0.1, 0.15) is 51.0 Å². The number of hydrogen-bond acceptors (Lipinski definition) is 4. The van der Waals surface area contributed by atoms with Gasteiger partial charge in [-0.2, -0.15) is 0 Å². The number of pyridine rings is 1. The van der Waals surface area contributed by atoms with Gasteiger partial charge in [-0.25, -0.2) is 0 Å². The zero-order valence-electron chi connectivity index (χ0n) is 18.9. The fourth-order valence-electron chi connectivity index (χ4n) is 3.80. The molecule has 0 saturated heterocycles. The van der Waals surface area contributed by atoms with Crippen LogP contribution in [0, 0.1) is 0 Å². The van der Waals surface area contributed by atoms with Crippen LogP contribution in [0.25, 0.3) is 10.9 Å². The van der Waals surface area contributed by atoms with Crippen LogP contribution >= 0.6 is 0 Å². The topological polar surface area (TPSA) is 60.7 Å². The van der Waals surface area contributed by atoms with E-state index in [9.17, 15) is 9.90 Å². The summed E-state index contributed by atoms with van der Waals surface area (Å²) in [5.74, 6) is 0.697. The number of aromatic nitrogens is 1. The van der Waals surface area contributed by atoms with Gasteiger partial charge in [-0.3, -0.25) is 4.79 Å². The van der Waals surface area contributed by atoms with E-state index in [0.29, 0.717) is 24.4 Å². The van der Waals surface area contributed by atoms with Crippen LogP contribution in [-0.2, 0) is 13.2 Å². The van der Waals surface area contributed by atoms with E-state index in [4.69, 9.17) is 9.47 Å². The zero-order valence-corrected chi connectivity index (χ0v) is 18.9. The Labute approximate surface area is 189 Å². The molecular weight excluding hydrogens is 402 g/mol. The van der Waals surface area contributed by atoms with Gasteiger partial charge in [0.2, 0.25) is 5.75 Å². The van der Waals surface area contributed by atoms with Crippen LogP contribution in [0.2, 0.25) is 0 Å². The summed E-state index contributed by atoms with van der Waals surface area (Å²) < 4.78 is 13.6. The summed E-state index contributed by atoms with van der Waals surface area (Å²) in [6.45, 7) is 6.98. The van der Waals surface area contributed by atoms with Crippen LogP contribution in [0.15, 0.2) is 66.0 Å². The van der Waals surface area contributed by atoms with E-state index < -0.39 is 0 Å². The molecular formula is C27H33NO4. The summed E-state index contributed by atoms with van der Waals surface area (Å²) in [5.41, 5.74) is 1.39. The molecule has 0 bridgehead atoms. The first kappa shape index (κ1) is 23.5. The third-order valence-electron chi connectivity index (χ3n) is 5.47. The first-order chi connectivity index (χ1) is 15.7. The Kier molecular flexibility index (Phi) is 8.79. The summed E-state index contributed by atoms with van der Waals surface area (Å²) >= 11 is 0. The van der Waals surface area contributed by atoms with Crippen molar-refractivity contribution in [2.45, 2.75) is 58.6 Å². The van der Waals surface area contributed by atoms with E-state index in [1.54, 1.807) is 28.8 Å². The fourth-order valence-corrected chi connectivity index (χ4v) is 3.80. The number of nitrogens with zero attached hydrogens (tertiary/aromatic N) is 1. The van der Waals surface area contributed by atoms with E-state index in [0.717, 1.165) is 30.2 Å². The molecule has 0 amide bonds. The Hall–Kier alpha value is -3.21. The number of aromatic hydroxyl groups is 1. The van der Waals surface area contributed by atoms with Crippen molar-refractivity contribution in [2.24, 2.45) is 0 Å².